The van der Waals surface area contributed by atoms with E-state index in [1.165, 1.54) is 12.8 Å². The van der Waals surface area contributed by atoms with E-state index in [4.69, 9.17) is 0 Å². The molecule has 1 N–H and O–H groups in total. The number of hydrogen-bond acceptors (Lipinski definition) is 2. The van der Waals surface area contributed by atoms with Gasteiger partial charge in [0.25, 0.3) is 0 Å². The van der Waals surface area contributed by atoms with Gasteiger partial charge in [0, 0.05) is 25.0 Å². The van der Waals surface area contributed by atoms with Crippen molar-refractivity contribution in [3.05, 3.63) is 0 Å². The summed E-state index contributed by atoms with van der Waals surface area (Å²) in [4.78, 5) is 2.42. The Kier molecular flexibility index (Phi) is 6.43. The van der Waals surface area contributed by atoms with E-state index in [0.717, 1.165) is 19.6 Å². The van der Waals surface area contributed by atoms with E-state index >= 15 is 0 Å². The van der Waals surface area contributed by atoms with Crippen molar-refractivity contribution in [1.29, 1.82) is 0 Å². The monoisotopic (exact) mass is 266 g/mol. The standard InChI is InChI=1S/C13H25F3N2/c1-11(6-5-7-13(14,15)16)17-12(2)10-18-8-3-4-9-18/h11-12,17H,3-10H2,1-2H3. The topological polar surface area (TPSA) is 15.3 Å². The molecule has 2 nitrogen and oxygen atoms in total. The number of alkyl halides is 3. The van der Waals surface area contributed by atoms with Crippen LogP contribution in [0.1, 0.15) is 46.0 Å². The van der Waals surface area contributed by atoms with Crippen molar-refractivity contribution in [3.8, 4) is 0 Å². The summed E-state index contributed by atoms with van der Waals surface area (Å²) in [5.74, 6) is 0. The van der Waals surface area contributed by atoms with Gasteiger partial charge in [-0.1, -0.05) is 0 Å². The highest BCUT2D eigenvalue weighted by molar-refractivity contribution is 4.75. The zero-order valence-corrected chi connectivity index (χ0v) is 11.4. The van der Waals surface area contributed by atoms with E-state index in [1.54, 1.807) is 0 Å². The Bertz CT molecular complexity index is 225. The molecule has 0 bridgehead atoms. The van der Waals surface area contributed by atoms with Crippen LogP contribution in [0.2, 0.25) is 0 Å². The predicted octanol–water partition coefficient (Wildman–Crippen LogP) is 3.18. The Morgan fingerprint density at radius 2 is 1.72 bits per heavy atom. The summed E-state index contributed by atoms with van der Waals surface area (Å²) in [6, 6.07) is 0.508. The molecule has 0 aliphatic carbocycles. The summed E-state index contributed by atoms with van der Waals surface area (Å²) in [5.41, 5.74) is 0. The number of nitrogens with one attached hydrogen (secondary N) is 1. The Hall–Kier alpha value is -0.290. The maximum atomic E-state index is 12.0. The summed E-state index contributed by atoms with van der Waals surface area (Å²) in [7, 11) is 0. The number of nitrogens with zero attached hydrogens (tertiary/aromatic N) is 1. The number of rotatable bonds is 7. The fraction of sp³-hybridized carbons (Fsp3) is 1.00. The van der Waals surface area contributed by atoms with Gasteiger partial charge in [0.1, 0.15) is 0 Å². The minimum absolute atomic E-state index is 0.157. The van der Waals surface area contributed by atoms with Crippen LogP contribution in [0.5, 0.6) is 0 Å². The molecule has 2 unspecified atom stereocenters. The van der Waals surface area contributed by atoms with Gasteiger partial charge >= 0.3 is 6.18 Å². The Labute approximate surface area is 108 Å². The van der Waals surface area contributed by atoms with Crippen molar-refractivity contribution < 1.29 is 13.2 Å². The third-order valence-corrected chi connectivity index (χ3v) is 3.40. The van der Waals surface area contributed by atoms with Crippen LogP contribution in [0.25, 0.3) is 0 Å². The van der Waals surface area contributed by atoms with Crippen molar-refractivity contribution in [1.82, 2.24) is 10.2 Å². The van der Waals surface area contributed by atoms with Gasteiger partial charge in [0.15, 0.2) is 0 Å². The average Bonchev–Trinajstić information content (AvgIpc) is 2.67. The fourth-order valence-corrected chi connectivity index (χ4v) is 2.58. The van der Waals surface area contributed by atoms with Crippen LogP contribution in [0.4, 0.5) is 13.2 Å². The molecule has 2 atom stereocenters. The first-order chi connectivity index (χ1) is 8.37. The van der Waals surface area contributed by atoms with Gasteiger partial charge in [-0.05, 0) is 52.6 Å². The first-order valence-corrected chi connectivity index (χ1v) is 6.92. The molecule has 1 rings (SSSR count). The SMILES string of the molecule is CC(CCCC(F)(F)F)NC(C)CN1CCCC1. The van der Waals surface area contributed by atoms with Gasteiger partial charge in [0.05, 0.1) is 0 Å². The molecule has 0 spiro atoms. The first-order valence-electron chi connectivity index (χ1n) is 6.92. The van der Waals surface area contributed by atoms with Crippen molar-refractivity contribution in [3.63, 3.8) is 0 Å². The average molecular weight is 266 g/mol. The lowest BCUT2D eigenvalue weighted by atomic mass is 10.1. The second-order valence-corrected chi connectivity index (χ2v) is 5.48. The van der Waals surface area contributed by atoms with Crippen LogP contribution in [0, 0.1) is 0 Å². The Morgan fingerprint density at radius 1 is 1.11 bits per heavy atom. The summed E-state index contributed by atoms with van der Waals surface area (Å²) in [5, 5.41) is 3.38. The minimum Gasteiger partial charge on any atom is -0.311 e. The van der Waals surface area contributed by atoms with Crippen LogP contribution in [-0.4, -0.2) is 42.8 Å². The van der Waals surface area contributed by atoms with E-state index in [0.29, 0.717) is 12.5 Å². The number of halogens is 3. The quantitative estimate of drug-likeness (QED) is 0.761. The van der Waals surface area contributed by atoms with Crippen molar-refractivity contribution in [2.45, 2.75) is 64.2 Å². The van der Waals surface area contributed by atoms with E-state index in [-0.39, 0.29) is 12.5 Å². The van der Waals surface area contributed by atoms with E-state index in [9.17, 15) is 13.2 Å². The molecule has 1 aliphatic rings. The Balaban J connectivity index is 2.08. The predicted molar refractivity (Wildman–Crippen MR) is 67.6 cm³/mol. The lowest BCUT2D eigenvalue weighted by molar-refractivity contribution is -0.135. The normalized spacial score (nSPS) is 21.2. The van der Waals surface area contributed by atoms with Crippen LogP contribution in [-0.2, 0) is 0 Å². The molecule has 0 aromatic rings. The zero-order valence-electron chi connectivity index (χ0n) is 11.4. The largest absolute Gasteiger partial charge is 0.389 e. The summed E-state index contributed by atoms with van der Waals surface area (Å²) < 4.78 is 36.0. The van der Waals surface area contributed by atoms with E-state index in [1.807, 2.05) is 6.92 Å². The molecular weight excluding hydrogens is 241 g/mol. The molecule has 1 saturated heterocycles. The molecule has 0 amide bonds. The molecule has 108 valence electrons. The molecule has 1 aliphatic heterocycles. The second kappa shape index (κ2) is 7.34. The van der Waals surface area contributed by atoms with Gasteiger partial charge in [0.2, 0.25) is 0 Å². The van der Waals surface area contributed by atoms with Crippen molar-refractivity contribution in [2.75, 3.05) is 19.6 Å². The summed E-state index contributed by atoms with van der Waals surface area (Å²) in [6.45, 7) is 7.40. The van der Waals surface area contributed by atoms with Gasteiger partial charge in [-0.15, -0.1) is 0 Å². The van der Waals surface area contributed by atoms with Crippen molar-refractivity contribution in [2.24, 2.45) is 0 Å². The number of likely N-dealkylation sites (tertiary alicyclic amines) is 1. The second-order valence-electron chi connectivity index (χ2n) is 5.48. The fourth-order valence-electron chi connectivity index (χ4n) is 2.58. The highest BCUT2D eigenvalue weighted by atomic mass is 19.4. The molecule has 1 heterocycles. The maximum Gasteiger partial charge on any atom is 0.389 e. The van der Waals surface area contributed by atoms with Gasteiger partial charge in [-0.2, -0.15) is 13.2 Å². The smallest absolute Gasteiger partial charge is 0.311 e. The van der Waals surface area contributed by atoms with Crippen LogP contribution < -0.4 is 5.32 Å². The van der Waals surface area contributed by atoms with E-state index in [2.05, 4.69) is 17.1 Å². The summed E-state index contributed by atoms with van der Waals surface area (Å²) >= 11 is 0. The first kappa shape index (κ1) is 15.8. The van der Waals surface area contributed by atoms with Gasteiger partial charge < -0.3 is 10.2 Å². The molecule has 18 heavy (non-hydrogen) atoms. The van der Waals surface area contributed by atoms with Gasteiger partial charge in [-0.25, -0.2) is 0 Å². The highest BCUT2D eigenvalue weighted by Crippen LogP contribution is 2.22. The maximum absolute atomic E-state index is 12.0. The molecule has 0 aromatic carbocycles. The summed E-state index contributed by atoms with van der Waals surface area (Å²) in [6.07, 6.45) is -1.33. The minimum atomic E-state index is -4.01. The third kappa shape index (κ3) is 7.21. The van der Waals surface area contributed by atoms with E-state index < -0.39 is 12.6 Å². The molecule has 0 radical (unpaired) electrons. The van der Waals surface area contributed by atoms with Crippen LogP contribution in [0.3, 0.4) is 0 Å². The van der Waals surface area contributed by atoms with Crippen LogP contribution >= 0.6 is 0 Å². The molecule has 5 heteroatoms. The van der Waals surface area contributed by atoms with Crippen LogP contribution in [0.15, 0.2) is 0 Å². The third-order valence-electron chi connectivity index (χ3n) is 3.40. The lowest BCUT2D eigenvalue weighted by Crippen LogP contribution is -2.42. The molecule has 0 aromatic heterocycles. The zero-order chi connectivity index (χ0) is 13.6. The Morgan fingerprint density at radius 3 is 2.28 bits per heavy atom. The molecule has 0 saturated carbocycles. The lowest BCUT2D eigenvalue weighted by Gasteiger charge is -2.24. The van der Waals surface area contributed by atoms with Crippen molar-refractivity contribution >= 4 is 0 Å². The van der Waals surface area contributed by atoms with Gasteiger partial charge in [-0.3, -0.25) is 0 Å². The number of hydrogen-bond donors (Lipinski definition) is 1. The molecule has 1 fully saturated rings. The molecular formula is C13H25F3N2. The highest BCUT2D eigenvalue weighted by Gasteiger charge is 2.26.